The van der Waals surface area contributed by atoms with E-state index < -0.39 is 12.5 Å². The Bertz CT molecular complexity index is 1100. The number of benzene rings is 2. The Balaban J connectivity index is 1.62. The van der Waals surface area contributed by atoms with E-state index in [1.54, 1.807) is 13.1 Å². The molecule has 31 heavy (non-hydrogen) atoms. The molecule has 4 N–H and O–H groups in total. The van der Waals surface area contributed by atoms with Crippen molar-refractivity contribution >= 4 is 23.2 Å². The van der Waals surface area contributed by atoms with E-state index in [0.717, 1.165) is 11.1 Å². The number of aliphatic imine (C=N–C) groups is 1. The number of nitrogens with zero attached hydrogens (tertiary/aromatic N) is 3. The van der Waals surface area contributed by atoms with Crippen LogP contribution in [0.15, 0.2) is 78.0 Å². The average Bonchev–Trinajstić information content (AvgIpc) is 2.96. The summed E-state index contributed by atoms with van der Waals surface area (Å²) in [6, 6.07) is 18.8. The molecule has 0 radical (unpaired) electrons. The molecule has 2 aromatic carbocycles. The maximum absolute atomic E-state index is 12.9. The van der Waals surface area contributed by atoms with E-state index in [1.807, 2.05) is 54.6 Å². The van der Waals surface area contributed by atoms with Gasteiger partial charge in [0, 0.05) is 23.5 Å². The van der Waals surface area contributed by atoms with Gasteiger partial charge in [-0.25, -0.2) is 15.3 Å². The molecule has 1 aromatic heterocycles. The summed E-state index contributed by atoms with van der Waals surface area (Å²) in [5, 5.41) is 16.9. The fraction of sp³-hybridized carbons (Fsp3) is 0.136. The van der Waals surface area contributed by atoms with Gasteiger partial charge in [-0.3, -0.25) is 20.5 Å². The smallest absolute Gasteiger partial charge is 0.264 e. The third-order valence-electron chi connectivity index (χ3n) is 4.57. The van der Waals surface area contributed by atoms with Crippen LogP contribution < -0.4 is 16.0 Å². The highest BCUT2D eigenvalue weighted by atomic mass is 16.5. The van der Waals surface area contributed by atoms with Crippen molar-refractivity contribution in [2.45, 2.75) is 12.5 Å². The van der Waals surface area contributed by atoms with Crippen molar-refractivity contribution in [2.75, 3.05) is 12.4 Å². The number of carbonyl (C=O) groups excluding carboxylic acids is 1. The zero-order valence-corrected chi connectivity index (χ0v) is 16.7. The molecule has 9 heteroatoms. The first-order chi connectivity index (χ1) is 15.2. The molecule has 3 aromatic rings. The van der Waals surface area contributed by atoms with E-state index in [4.69, 9.17) is 15.1 Å². The lowest BCUT2D eigenvalue weighted by Gasteiger charge is -2.22. The summed E-state index contributed by atoms with van der Waals surface area (Å²) in [5.41, 5.74) is 3.04. The van der Waals surface area contributed by atoms with Crippen molar-refractivity contribution in [3.8, 4) is 0 Å². The lowest BCUT2D eigenvalue weighted by molar-refractivity contribution is -0.118. The monoisotopic (exact) mass is 415 g/mol. The number of anilines is 1. The number of rotatable bonds is 6. The van der Waals surface area contributed by atoms with Crippen molar-refractivity contribution in [2.24, 2.45) is 4.99 Å². The first kappa shape index (κ1) is 20.3. The first-order valence-electron chi connectivity index (χ1n) is 9.65. The molecule has 0 spiro atoms. The number of hydrogen-bond acceptors (Lipinski definition) is 8. The lowest BCUT2D eigenvalue weighted by atomic mass is 10.0. The molecule has 4 rings (SSSR count). The zero-order chi connectivity index (χ0) is 21.6. The topological polar surface area (TPSA) is 124 Å². The molecule has 0 aliphatic carbocycles. The van der Waals surface area contributed by atoms with Crippen molar-refractivity contribution < 1.29 is 9.53 Å². The van der Waals surface area contributed by atoms with Gasteiger partial charge in [0.25, 0.3) is 11.8 Å². The Kier molecular flexibility index (Phi) is 6.06. The number of benzodiazepines with no additional fused rings is 1. The van der Waals surface area contributed by atoms with Gasteiger partial charge in [0.1, 0.15) is 0 Å². The van der Waals surface area contributed by atoms with Crippen molar-refractivity contribution in [3.05, 3.63) is 90.0 Å². The second kappa shape index (κ2) is 9.24. The van der Waals surface area contributed by atoms with Gasteiger partial charge >= 0.3 is 0 Å². The molecule has 1 amide bonds. The third-order valence-corrected chi connectivity index (χ3v) is 4.57. The molecule has 0 fully saturated rings. The SMILES string of the molecule is CNC(NC1N=C(c2ccccc2)c2ccccc2NC1=O)OC(=N)c1ncccn1. The normalized spacial score (nSPS) is 16.4. The van der Waals surface area contributed by atoms with Gasteiger partial charge in [0.2, 0.25) is 12.2 Å². The molecule has 2 unspecified atom stereocenters. The first-order valence-corrected chi connectivity index (χ1v) is 9.65. The van der Waals surface area contributed by atoms with Crippen LogP contribution in [0.1, 0.15) is 17.0 Å². The predicted octanol–water partition coefficient (Wildman–Crippen LogP) is 1.73. The number of para-hydroxylation sites is 1. The molecule has 1 aliphatic heterocycles. The highest BCUT2D eigenvalue weighted by Gasteiger charge is 2.28. The van der Waals surface area contributed by atoms with Gasteiger partial charge in [-0.2, -0.15) is 0 Å². The molecule has 0 saturated heterocycles. The Morgan fingerprint density at radius 3 is 2.52 bits per heavy atom. The van der Waals surface area contributed by atoms with Crippen LogP contribution in [0.4, 0.5) is 5.69 Å². The third kappa shape index (κ3) is 4.63. The minimum absolute atomic E-state index is 0.135. The molecule has 0 bridgehead atoms. The van der Waals surface area contributed by atoms with Gasteiger partial charge in [-0.15, -0.1) is 0 Å². The largest absolute Gasteiger partial charge is 0.443 e. The number of ether oxygens (including phenoxy) is 1. The summed E-state index contributed by atoms with van der Waals surface area (Å²) in [7, 11) is 1.64. The van der Waals surface area contributed by atoms with E-state index in [1.165, 1.54) is 12.4 Å². The van der Waals surface area contributed by atoms with Crippen LogP contribution in [-0.4, -0.2) is 47.0 Å². The summed E-state index contributed by atoms with van der Waals surface area (Å²) in [5.74, 6) is -0.447. The Hall–Kier alpha value is -3.95. The fourth-order valence-corrected chi connectivity index (χ4v) is 3.10. The van der Waals surface area contributed by atoms with Crippen LogP contribution in [0.5, 0.6) is 0 Å². The van der Waals surface area contributed by atoms with E-state index in [2.05, 4.69) is 25.9 Å². The summed E-state index contributed by atoms with van der Waals surface area (Å²) in [6.45, 7) is 0. The van der Waals surface area contributed by atoms with E-state index in [0.29, 0.717) is 11.4 Å². The summed E-state index contributed by atoms with van der Waals surface area (Å²) >= 11 is 0. The number of aromatic nitrogens is 2. The number of amides is 1. The number of hydrogen-bond donors (Lipinski definition) is 4. The van der Waals surface area contributed by atoms with Crippen molar-refractivity contribution in [1.29, 1.82) is 5.41 Å². The van der Waals surface area contributed by atoms with E-state index >= 15 is 0 Å². The van der Waals surface area contributed by atoms with Gasteiger partial charge in [0.15, 0.2) is 6.17 Å². The van der Waals surface area contributed by atoms with Gasteiger partial charge in [-0.05, 0) is 19.2 Å². The molecule has 2 atom stereocenters. The standard InChI is InChI=1S/C22H21N7O2/c1-24-22(31-18(23)19-25-12-7-13-26-19)29-20-21(30)27-16-11-6-5-10-15(16)17(28-20)14-8-3-2-4-9-14/h2-13,20,22-24,29H,1H3,(H,27,30). The van der Waals surface area contributed by atoms with Crippen LogP contribution in [0, 0.1) is 5.41 Å². The number of carbonyl (C=O) groups is 1. The molecular weight excluding hydrogens is 394 g/mol. The number of nitrogens with one attached hydrogen (secondary N) is 4. The van der Waals surface area contributed by atoms with E-state index in [-0.39, 0.29) is 17.6 Å². The summed E-state index contributed by atoms with van der Waals surface area (Å²) in [4.78, 5) is 25.6. The minimum atomic E-state index is -0.968. The maximum Gasteiger partial charge on any atom is 0.264 e. The molecular formula is C22H21N7O2. The second-order valence-corrected chi connectivity index (χ2v) is 6.64. The van der Waals surface area contributed by atoms with E-state index in [9.17, 15) is 4.79 Å². The zero-order valence-electron chi connectivity index (χ0n) is 16.7. The van der Waals surface area contributed by atoms with Crippen molar-refractivity contribution in [3.63, 3.8) is 0 Å². The summed E-state index contributed by atoms with van der Waals surface area (Å²) < 4.78 is 5.58. The van der Waals surface area contributed by atoms with Crippen LogP contribution in [0.3, 0.4) is 0 Å². The average molecular weight is 415 g/mol. The number of fused-ring (bicyclic) bond motifs is 1. The Labute approximate surface area is 179 Å². The van der Waals surface area contributed by atoms with Crippen LogP contribution in [0.2, 0.25) is 0 Å². The van der Waals surface area contributed by atoms with Crippen LogP contribution in [-0.2, 0) is 9.53 Å². The highest BCUT2D eigenvalue weighted by Crippen LogP contribution is 2.23. The second-order valence-electron chi connectivity index (χ2n) is 6.64. The maximum atomic E-state index is 12.9. The quantitative estimate of drug-likeness (QED) is 0.276. The van der Waals surface area contributed by atoms with Gasteiger partial charge in [-0.1, -0.05) is 48.5 Å². The fourth-order valence-electron chi connectivity index (χ4n) is 3.10. The Morgan fingerprint density at radius 2 is 1.77 bits per heavy atom. The summed E-state index contributed by atoms with van der Waals surface area (Å²) in [6.07, 6.45) is 1.20. The molecule has 9 nitrogen and oxygen atoms in total. The lowest BCUT2D eigenvalue weighted by Crippen LogP contribution is -2.52. The molecule has 156 valence electrons. The van der Waals surface area contributed by atoms with Gasteiger partial charge < -0.3 is 10.1 Å². The van der Waals surface area contributed by atoms with Crippen LogP contribution in [0.25, 0.3) is 0 Å². The minimum Gasteiger partial charge on any atom is -0.443 e. The van der Waals surface area contributed by atoms with Gasteiger partial charge in [0.05, 0.1) is 11.4 Å². The van der Waals surface area contributed by atoms with Crippen molar-refractivity contribution in [1.82, 2.24) is 20.6 Å². The van der Waals surface area contributed by atoms with Crippen LogP contribution >= 0.6 is 0 Å². The Morgan fingerprint density at radius 1 is 1.06 bits per heavy atom. The molecule has 1 aliphatic rings. The molecule has 0 saturated carbocycles. The highest BCUT2D eigenvalue weighted by molar-refractivity contribution is 6.19. The molecule has 2 heterocycles. The predicted molar refractivity (Wildman–Crippen MR) is 117 cm³/mol.